The van der Waals surface area contributed by atoms with Crippen molar-refractivity contribution in [2.45, 2.75) is 18.2 Å². The summed E-state index contributed by atoms with van der Waals surface area (Å²) in [5, 5.41) is 2.73. The number of nitrogens with zero attached hydrogens (tertiary/aromatic N) is 1. The first kappa shape index (κ1) is 23.9. The molecule has 0 aliphatic rings. The summed E-state index contributed by atoms with van der Waals surface area (Å²) in [5.41, 5.74) is 1.86. The molecule has 0 fully saturated rings. The number of hydrogen-bond acceptors (Lipinski definition) is 4. The van der Waals surface area contributed by atoms with Gasteiger partial charge in [-0.05, 0) is 54.4 Å². The maximum atomic E-state index is 13.9. The van der Waals surface area contributed by atoms with Crippen molar-refractivity contribution in [1.82, 2.24) is 4.90 Å². The molecule has 3 rings (SSSR count). The maximum Gasteiger partial charge on any atom is 0.262 e. The van der Waals surface area contributed by atoms with Crippen LogP contribution in [0.25, 0.3) is 0 Å². The summed E-state index contributed by atoms with van der Waals surface area (Å²) in [6, 6.07) is 16.4. The highest BCUT2D eigenvalue weighted by molar-refractivity contribution is 7.92. The van der Waals surface area contributed by atoms with E-state index in [0.29, 0.717) is 11.3 Å². The van der Waals surface area contributed by atoms with Gasteiger partial charge in [-0.2, -0.15) is 0 Å². The van der Waals surface area contributed by atoms with Gasteiger partial charge in [0, 0.05) is 25.3 Å². The Kier molecular flexibility index (Phi) is 7.13. The fraction of sp³-hybridized carbons (Fsp3) is 0.167. The number of rotatable bonds is 7. The van der Waals surface area contributed by atoms with Gasteiger partial charge >= 0.3 is 0 Å². The summed E-state index contributed by atoms with van der Waals surface area (Å²) in [4.78, 5) is 26.0. The first-order chi connectivity index (χ1) is 15.6. The predicted molar refractivity (Wildman–Crippen MR) is 125 cm³/mol. The number of nitrogens with one attached hydrogen (secondary N) is 2. The van der Waals surface area contributed by atoms with Crippen LogP contribution in [0.15, 0.2) is 71.6 Å². The van der Waals surface area contributed by atoms with E-state index in [1.54, 1.807) is 45.3 Å². The molecule has 0 radical (unpaired) electrons. The second-order valence-corrected chi connectivity index (χ2v) is 9.36. The number of carbonyl (C=O) groups excluding carboxylic acids is 2. The van der Waals surface area contributed by atoms with Crippen LogP contribution in [0, 0.1) is 12.7 Å². The van der Waals surface area contributed by atoms with Crippen LogP contribution in [0.1, 0.15) is 21.5 Å². The van der Waals surface area contributed by atoms with Crippen molar-refractivity contribution >= 4 is 33.2 Å². The molecule has 0 spiro atoms. The molecule has 7 nitrogen and oxygen atoms in total. The Hall–Kier alpha value is -3.72. The fourth-order valence-corrected chi connectivity index (χ4v) is 4.09. The minimum absolute atomic E-state index is 0.0376. The van der Waals surface area contributed by atoms with Crippen LogP contribution >= 0.6 is 0 Å². The molecule has 2 N–H and O–H groups in total. The normalized spacial score (nSPS) is 11.0. The number of halogens is 1. The zero-order chi connectivity index (χ0) is 24.2. The molecule has 0 heterocycles. The van der Waals surface area contributed by atoms with Crippen molar-refractivity contribution in [2.24, 2.45) is 0 Å². The predicted octanol–water partition coefficient (Wildman–Crippen LogP) is 3.82. The van der Waals surface area contributed by atoms with Crippen LogP contribution in [-0.2, 0) is 21.2 Å². The third-order valence-corrected chi connectivity index (χ3v) is 6.31. The van der Waals surface area contributed by atoms with Crippen LogP contribution in [-0.4, -0.2) is 39.2 Å². The highest BCUT2D eigenvalue weighted by atomic mass is 32.2. The third kappa shape index (κ3) is 5.95. The number of hydrogen-bond donors (Lipinski definition) is 2. The molecule has 3 aromatic rings. The van der Waals surface area contributed by atoms with Crippen molar-refractivity contribution in [3.63, 3.8) is 0 Å². The van der Waals surface area contributed by atoms with Gasteiger partial charge in [0.1, 0.15) is 5.82 Å². The molecule has 0 bridgehead atoms. The highest BCUT2D eigenvalue weighted by Crippen LogP contribution is 2.22. The van der Waals surface area contributed by atoms with Gasteiger partial charge in [-0.15, -0.1) is 0 Å². The lowest BCUT2D eigenvalue weighted by Gasteiger charge is -2.13. The van der Waals surface area contributed by atoms with E-state index in [1.165, 1.54) is 41.3 Å². The van der Waals surface area contributed by atoms with Gasteiger partial charge in [-0.25, -0.2) is 12.8 Å². The molecule has 172 valence electrons. The molecule has 0 aliphatic carbocycles. The topological polar surface area (TPSA) is 95.6 Å². The summed E-state index contributed by atoms with van der Waals surface area (Å²) < 4.78 is 41.5. The molecular weight excluding hydrogens is 445 g/mol. The maximum absolute atomic E-state index is 13.9. The molecule has 3 aromatic carbocycles. The lowest BCUT2D eigenvalue weighted by molar-refractivity contribution is -0.127. The molecule has 0 atom stereocenters. The van der Waals surface area contributed by atoms with E-state index in [-0.39, 0.29) is 28.5 Å². The van der Waals surface area contributed by atoms with Crippen LogP contribution in [0.4, 0.5) is 15.8 Å². The molecular formula is C24H24FN3O4S. The Morgan fingerprint density at radius 1 is 0.970 bits per heavy atom. The SMILES string of the molecule is Cc1ccc(S(=O)(=O)Nc2ccccc2F)cc1C(=O)Nc1ccc(CC(=O)N(C)C)cc1. The lowest BCUT2D eigenvalue weighted by atomic mass is 10.1. The van der Waals surface area contributed by atoms with Gasteiger partial charge in [-0.3, -0.25) is 14.3 Å². The number of aryl methyl sites for hydroxylation is 1. The third-order valence-electron chi connectivity index (χ3n) is 4.95. The molecule has 0 aliphatic heterocycles. The number of carbonyl (C=O) groups is 2. The van der Waals surface area contributed by atoms with E-state index in [4.69, 9.17) is 0 Å². The van der Waals surface area contributed by atoms with Crippen LogP contribution in [0.2, 0.25) is 0 Å². The molecule has 0 aromatic heterocycles. The van der Waals surface area contributed by atoms with Crippen molar-refractivity contribution in [2.75, 3.05) is 24.1 Å². The Labute approximate surface area is 192 Å². The van der Waals surface area contributed by atoms with Gasteiger partial charge in [-0.1, -0.05) is 30.3 Å². The Bertz CT molecular complexity index is 1290. The summed E-state index contributed by atoms with van der Waals surface area (Å²) >= 11 is 0. The first-order valence-corrected chi connectivity index (χ1v) is 11.5. The second kappa shape index (κ2) is 9.83. The number of likely N-dealkylation sites (N-methyl/N-ethyl adjacent to an activating group) is 1. The molecule has 0 unspecified atom stereocenters. The van der Waals surface area contributed by atoms with Gasteiger partial charge in [0.2, 0.25) is 5.91 Å². The Morgan fingerprint density at radius 3 is 2.27 bits per heavy atom. The lowest BCUT2D eigenvalue weighted by Crippen LogP contribution is -2.23. The van der Waals surface area contributed by atoms with E-state index in [9.17, 15) is 22.4 Å². The number of para-hydroxylation sites is 1. The average Bonchev–Trinajstić information content (AvgIpc) is 2.76. The number of amides is 2. The Morgan fingerprint density at radius 2 is 1.64 bits per heavy atom. The molecule has 9 heteroatoms. The van der Waals surface area contributed by atoms with E-state index >= 15 is 0 Å². The minimum atomic E-state index is -4.11. The van der Waals surface area contributed by atoms with E-state index < -0.39 is 21.7 Å². The van der Waals surface area contributed by atoms with Crippen LogP contribution in [0.5, 0.6) is 0 Å². The molecule has 0 saturated carbocycles. The van der Waals surface area contributed by atoms with Crippen LogP contribution < -0.4 is 10.0 Å². The monoisotopic (exact) mass is 469 g/mol. The number of sulfonamides is 1. The highest BCUT2D eigenvalue weighted by Gasteiger charge is 2.19. The first-order valence-electron chi connectivity index (χ1n) is 10.1. The van der Waals surface area contributed by atoms with Gasteiger partial charge < -0.3 is 10.2 Å². The molecule has 0 saturated heterocycles. The van der Waals surface area contributed by atoms with E-state index in [1.807, 2.05) is 0 Å². The summed E-state index contributed by atoms with van der Waals surface area (Å²) in [6.07, 6.45) is 0.245. The second-order valence-electron chi connectivity index (χ2n) is 7.68. The van der Waals surface area contributed by atoms with Crippen molar-refractivity contribution < 1.29 is 22.4 Å². The quantitative estimate of drug-likeness (QED) is 0.550. The Balaban J connectivity index is 1.78. The minimum Gasteiger partial charge on any atom is -0.349 e. The summed E-state index contributed by atoms with van der Waals surface area (Å²) in [5.74, 6) is -1.24. The van der Waals surface area contributed by atoms with Crippen LogP contribution in [0.3, 0.4) is 0 Å². The summed E-state index contributed by atoms with van der Waals surface area (Å²) in [6.45, 7) is 1.69. The average molecular weight is 470 g/mol. The number of benzene rings is 3. The fourth-order valence-electron chi connectivity index (χ4n) is 3.00. The van der Waals surface area contributed by atoms with Gasteiger partial charge in [0.25, 0.3) is 15.9 Å². The smallest absolute Gasteiger partial charge is 0.262 e. The van der Waals surface area contributed by atoms with Crippen molar-refractivity contribution in [1.29, 1.82) is 0 Å². The zero-order valence-electron chi connectivity index (χ0n) is 18.4. The standard InChI is InChI=1S/C24H24FN3O4S/c1-16-8-13-19(33(31,32)27-22-7-5-4-6-21(22)25)15-20(16)24(30)26-18-11-9-17(10-12-18)14-23(29)28(2)3/h4-13,15,27H,14H2,1-3H3,(H,26,30). The van der Waals surface area contributed by atoms with Gasteiger partial charge in [0.15, 0.2) is 0 Å². The van der Waals surface area contributed by atoms with E-state index in [0.717, 1.165) is 11.6 Å². The largest absolute Gasteiger partial charge is 0.349 e. The zero-order valence-corrected chi connectivity index (χ0v) is 19.2. The van der Waals surface area contributed by atoms with E-state index in [2.05, 4.69) is 10.0 Å². The van der Waals surface area contributed by atoms with Gasteiger partial charge in [0.05, 0.1) is 17.0 Å². The van der Waals surface area contributed by atoms with Crippen molar-refractivity contribution in [3.05, 3.63) is 89.2 Å². The molecule has 2 amide bonds. The summed E-state index contributed by atoms with van der Waals surface area (Å²) in [7, 11) is -0.752. The molecule has 33 heavy (non-hydrogen) atoms. The number of anilines is 2. The van der Waals surface area contributed by atoms with Crippen molar-refractivity contribution in [3.8, 4) is 0 Å².